The molecule has 3 aromatic rings. The number of carbonyl (C=O) groups is 1. The molecule has 150 valence electrons. The van der Waals surface area contributed by atoms with Gasteiger partial charge in [-0.2, -0.15) is 0 Å². The molecule has 1 atom stereocenters. The third-order valence-electron chi connectivity index (χ3n) is 5.38. The SMILES string of the molecule is CCc1ccc(C2c3c(oc4ccc(Cl)cc4c3=O)C(=O)N2CCCOC)cc1. The van der Waals surface area contributed by atoms with Gasteiger partial charge in [-0.3, -0.25) is 9.59 Å². The minimum Gasteiger partial charge on any atom is -0.450 e. The maximum absolute atomic E-state index is 13.4. The van der Waals surface area contributed by atoms with Crippen molar-refractivity contribution in [1.29, 1.82) is 0 Å². The summed E-state index contributed by atoms with van der Waals surface area (Å²) >= 11 is 6.10. The van der Waals surface area contributed by atoms with E-state index in [1.54, 1.807) is 30.2 Å². The van der Waals surface area contributed by atoms with E-state index in [2.05, 4.69) is 6.92 Å². The van der Waals surface area contributed by atoms with E-state index in [9.17, 15) is 9.59 Å². The summed E-state index contributed by atoms with van der Waals surface area (Å²) in [6, 6.07) is 12.4. The highest BCUT2D eigenvalue weighted by molar-refractivity contribution is 6.31. The smallest absolute Gasteiger partial charge is 0.290 e. The first-order valence-electron chi connectivity index (χ1n) is 9.70. The van der Waals surface area contributed by atoms with Crippen molar-refractivity contribution in [3.63, 3.8) is 0 Å². The number of rotatable bonds is 6. The summed E-state index contributed by atoms with van der Waals surface area (Å²) < 4.78 is 11.1. The van der Waals surface area contributed by atoms with Gasteiger partial charge in [-0.05, 0) is 42.2 Å². The van der Waals surface area contributed by atoms with Gasteiger partial charge in [-0.1, -0.05) is 42.8 Å². The summed E-state index contributed by atoms with van der Waals surface area (Å²) in [5, 5.41) is 0.841. The molecule has 0 spiro atoms. The Bertz CT molecular complexity index is 1120. The van der Waals surface area contributed by atoms with E-state index in [4.69, 9.17) is 20.8 Å². The summed E-state index contributed by atoms with van der Waals surface area (Å²) in [7, 11) is 1.63. The number of aryl methyl sites for hydroxylation is 1. The summed E-state index contributed by atoms with van der Waals surface area (Å²) in [6.07, 6.45) is 1.59. The summed E-state index contributed by atoms with van der Waals surface area (Å²) in [5.74, 6) is -0.151. The van der Waals surface area contributed by atoms with Gasteiger partial charge in [-0.25, -0.2) is 0 Å². The maximum atomic E-state index is 13.4. The Kier molecular flexibility index (Phi) is 5.43. The van der Waals surface area contributed by atoms with Gasteiger partial charge in [0.05, 0.1) is 17.0 Å². The lowest BCUT2D eigenvalue weighted by atomic mass is 9.97. The molecule has 0 bridgehead atoms. The van der Waals surface area contributed by atoms with Crippen LogP contribution >= 0.6 is 11.6 Å². The van der Waals surface area contributed by atoms with Crippen LogP contribution in [0, 0.1) is 0 Å². The van der Waals surface area contributed by atoms with E-state index >= 15 is 0 Å². The summed E-state index contributed by atoms with van der Waals surface area (Å²) in [5.41, 5.74) is 2.62. The molecule has 1 amide bonds. The van der Waals surface area contributed by atoms with E-state index in [0.29, 0.717) is 41.1 Å². The monoisotopic (exact) mass is 411 g/mol. The molecule has 4 rings (SSSR count). The number of halogens is 1. The molecule has 29 heavy (non-hydrogen) atoms. The first kappa shape index (κ1) is 19.7. The van der Waals surface area contributed by atoms with Crippen molar-refractivity contribution in [2.24, 2.45) is 0 Å². The average molecular weight is 412 g/mol. The lowest BCUT2D eigenvalue weighted by Gasteiger charge is -2.25. The molecule has 1 aromatic heterocycles. The van der Waals surface area contributed by atoms with Crippen molar-refractivity contribution in [3.8, 4) is 0 Å². The predicted molar refractivity (Wildman–Crippen MR) is 113 cm³/mol. The fourth-order valence-electron chi connectivity index (χ4n) is 3.88. The quantitative estimate of drug-likeness (QED) is 0.556. The lowest BCUT2D eigenvalue weighted by molar-refractivity contribution is 0.0708. The van der Waals surface area contributed by atoms with Gasteiger partial charge in [0.2, 0.25) is 5.76 Å². The molecule has 0 radical (unpaired) electrons. The fourth-order valence-corrected chi connectivity index (χ4v) is 4.06. The van der Waals surface area contributed by atoms with Gasteiger partial charge < -0.3 is 14.1 Å². The van der Waals surface area contributed by atoms with Crippen LogP contribution in [0.3, 0.4) is 0 Å². The molecule has 0 saturated heterocycles. The molecular weight excluding hydrogens is 390 g/mol. The van der Waals surface area contributed by atoms with Crippen molar-refractivity contribution in [3.05, 3.63) is 80.2 Å². The van der Waals surface area contributed by atoms with Crippen LogP contribution in [-0.4, -0.2) is 31.1 Å². The number of benzene rings is 2. The molecule has 2 heterocycles. The molecular formula is C23H22ClNO4. The number of carbonyl (C=O) groups excluding carboxylic acids is 1. The molecule has 1 aliphatic rings. The zero-order valence-corrected chi connectivity index (χ0v) is 17.2. The molecule has 0 saturated carbocycles. The van der Waals surface area contributed by atoms with E-state index in [1.165, 1.54) is 5.56 Å². The zero-order valence-electron chi connectivity index (χ0n) is 16.4. The van der Waals surface area contributed by atoms with Gasteiger partial charge in [0.15, 0.2) is 5.43 Å². The van der Waals surface area contributed by atoms with E-state index in [-0.39, 0.29) is 17.1 Å². The maximum Gasteiger partial charge on any atom is 0.290 e. The highest BCUT2D eigenvalue weighted by atomic mass is 35.5. The minimum atomic E-state index is -0.486. The second-order valence-electron chi connectivity index (χ2n) is 7.16. The fraction of sp³-hybridized carbons (Fsp3) is 0.304. The Morgan fingerprint density at radius 2 is 1.90 bits per heavy atom. The van der Waals surface area contributed by atoms with Crippen LogP contribution in [0.1, 0.15) is 46.6 Å². The Balaban J connectivity index is 1.90. The van der Waals surface area contributed by atoms with Gasteiger partial charge in [-0.15, -0.1) is 0 Å². The van der Waals surface area contributed by atoms with Gasteiger partial charge >= 0.3 is 0 Å². The van der Waals surface area contributed by atoms with Crippen LogP contribution in [0.2, 0.25) is 5.02 Å². The lowest BCUT2D eigenvalue weighted by Crippen LogP contribution is -2.31. The largest absolute Gasteiger partial charge is 0.450 e. The normalized spacial score (nSPS) is 15.9. The van der Waals surface area contributed by atoms with Crippen LogP contribution in [0.5, 0.6) is 0 Å². The molecule has 5 nitrogen and oxygen atoms in total. The Labute approximate surface area is 173 Å². The summed E-state index contributed by atoms with van der Waals surface area (Å²) in [4.78, 5) is 28.3. The van der Waals surface area contributed by atoms with Crippen molar-refractivity contribution in [1.82, 2.24) is 4.90 Å². The zero-order chi connectivity index (χ0) is 20.5. The van der Waals surface area contributed by atoms with Crippen LogP contribution < -0.4 is 5.43 Å². The standard InChI is InChI=1S/C23H22ClNO4/c1-3-14-5-7-15(8-6-14)20-19-21(26)17-13-16(24)9-10-18(17)29-22(19)23(27)25(20)11-4-12-28-2/h5-10,13,20H,3-4,11-12H2,1-2H3. The number of amides is 1. The Morgan fingerprint density at radius 3 is 2.59 bits per heavy atom. The van der Waals surface area contributed by atoms with Crippen LogP contribution in [0.4, 0.5) is 0 Å². The molecule has 6 heteroatoms. The highest BCUT2D eigenvalue weighted by Crippen LogP contribution is 2.38. The topological polar surface area (TPSA) is 59.8 Å². The van der Waals surface area contributed by atoms with Crippen LogP contribution in [0.25, 0.3) is 11.0 Å². The first-order chi connectivity index (χ1) is 14.0. The molecule has 1 aliphatic heterocycles. The molecule has 1 unspecified atom stereocenters. The number of nitrogens with zero attached hydrogens (tertiary/aromatic N) is 1. The number of hydrogen-bond acceptors (Lipinski definition) is 4. The van der Waals surface area contributed by atoms with E-state index in [1.807, 2.05) is 24.3 Å². The Hall–Kier alpha value is -2.63. The molecule has 2 aromatic carbocycles. The molecule has 0 fully saturated rings. The highest BCUT2D eigenvalue weighted by Gasteiger charge is 2.42. The molecule has 0 N–H and O–H groups in total. The minimum absolute atomic E-state index is 0.117. The van der Waals surface area contributed by atoms with Gasteiger partial charge in [0.25, 0.3) is 5.91 Å². The van der Waals surface area contributed by atoms with E-state index in [0.717, 1.165) is 12.0 Å². The Morgan fingerprint density at radius 1 is 1.14 bits per heavy atom. The second-order valence-corrected chi connectivity index (χ2v) is 7.59. The predicted octanol–water partition coefficient (Wildman–Crippen LogP) is 4.59. The average Bonchev–Trinajstić information content (AvgIpc) is 3.01. The van der Waals surface area contributed by atoms with Crippen molar-refractivity contribution < 1.29 is 13.9 Å². The van der Waals surface area contributed by atoms with Crippen molar-refractivity contribution in [2.75, 3.05) is 20.3 Å². The van der Waals surface area contributed by atoms with E-state index < -0.39 is 6.04 Å². The van der Waals surface area contributed by atoms with Crippen molar-refractivity contribution in [2.45, 2.75) is 25.8 Å². The number of methoxy groups -OCH3 is 1. The summed E-state index contributed by atoms with van der Waals surface area (Å²) in [6.45, 7) is 3.08. The van der Waals surface area contributed by atoms with Crippen LogP contribution in [-0.2, 0) is 11.2 Å². The number of hydrogen-bond donors (Lipinski definition) is 0. The molecule has 0 aliphatic carbocycles. The number of ether oxygens (including phenoxy) is 1. The van der Waals surface area contributed by atoms with Crippen molar-refractivity contribution >= 4 is 28.5 Å². The van der Waals surface area contributed by atoms with Gasteiger partial charge in [0.1, 0.15) is 5.58 Å². The first-order valence-corrected chi connectivity index (χ1v) is 10.1. The van der Waals surface area contributed by atoms with Gasteiger partial charge in [0, 0.05) is 25.3 Å². The van der Waals surface area contributed by atoms with Crippen LogP contribution in [0.15, 0.2) is 51.7 Å². The third-order valence-corrected chi connectivity index (χ3v) is 5.61. The number of fused-ring (bicyclic) bond motifs is 2. The third kappa shape index (κ3) is 3.45. The second kappa shape index (κ2) is 8.01.